The van der Waals surface area contributed by atoms with Crippen LogP contribution in [0.4, 0.5) is 0 Å². The second-order valence-corrected chi connectivity index (χ2v) is 8.22. The van der Waals surface area contributed by atoms with Crippen LogP contribution >= 0.6 is 0 Å². The first-order valence-electron chi connectivity index (χ1n) is 7.20. The average Bonchev–Trinajstić information content (AvgIpc) is 2.33. The van der Waals surface area contributed by atoms with E-state index in [1.54, 1.807) is 6.07 Å². The van der Waals surface area contributed by atoms with Crippen molar-refractivity contribution in [3.05, 3.63) is 29.3 Å². The van der Waals surface area contributed by atoms with Gasteiger partial charge >= 0.3 is 0 Å². The van der Waals surface area contributed by atoms with Crippen molar-refractivity contribution in [1.29, 1.82) is 0 Å². The molecule has 1 aliphatic rings. The summed E-state index contributed by atoms with van der Waals surface area (Å²) >= 11 is 0. The molecule has 0 radical (unpaired) electrons. The highest BCUT2D eigenvalue weighted by Gasteiger charge is 2.26. The van der Waals surface area contributed by atoms with E-state index in [9.17, 15) is 13.5 Å². The number of rotatable bonds is 5. The number of aryl methyl sites for hydroxylation is 1. The molecule has 6 heteroatoms. The minimum absolute atomic E-state index is 0.154. The molecule has 1 unspecified atom stereocenters. The quantitative estimate of drug-likeness (QED) is 0.773. The van der Waals surface area contributed by atoms with E-state index < -0.39 is 15.6 Å². The van der Waals surface area contributed by atoms with Gasteiger partial charge in [-0.05, 0) is 56.4 Å². The highest BCUT2D eigenvalue weighted by Crippen LogP contribution is 2.32. The molecule has 0 aliphatic heterocycles. The molecule has 21 heavy (non-hydrogen) atoms. The Kier molecular flexibility index (Phi) is 4.60. The van der Waals surface area contributed by atoms with Gasteiger partial charge in [-0.25, -0.2) is 13.1 Å². The third-order valence-corrected chi connectivity index (χ3v) is 4.62. The molecule has 0 fully saturated rings. The van der Waals surface area contributed by atoms with Crippen molar-refractivity contribution in [2.24, 2.45) is 0 Å². The predicted octanol–water partition coefficient (Wildman–Crippen LogP) is 1.69. The molecule has 5 nitrogen and oxygen atoms in total. The lowest BCUT2D eigenvalue weighted by Crippen LogP contribution is -2.50. The second kappa shape index (κ2) is 5.94. The molecule has 0 amide bonds. The van der Waals surface area contributed by atoms with Gasteiger partial charge in [0.15, 0.2) is 0 Å². The van der Waals surface area contributed by atoms with Crippen LogP contribution in [0.15, 0.2) is 18.2 Å². The number of hydrogen-bond donors (Lipinski definition) is 3. The Labute approximate surface area is 126 Å². The smallest absolute Gasteiger partial charge is 0.209 e. The van der Waals surface area contributed by atoms with Gasteiger partial charge in [-0.1, -0.05) is 6.07 Å². The van der Waals surface area contributed by atoms with Crippen molar-refractivity contribution in [1.82, 2.24) is 10.0 Å². The van der Waals surface area contributed by atoms with Gasteiger partial charge in [0.05, 0.1) is 6.26 Å². The van der Waals surface area contributed by atoms with Gasteiger partial charge in [0.25, 0.3) is 0 Å². The molecular weight excluding hydrogens is 288 g/mol. The van der Waals surface area contributed by atoms with Crippen LogP contribution in [-0.4, -0.2) is 31.9 Å². The van der Waals surface area contributed by atoms with Crippen molar-refractivity contribution in [3.63, 3.8) is 0 Å². The molecule has 0 aromatic heterocycles. The third kappa shape index (κ3) is 4.69. The molecule has 1 atom stereocenters. The molecule has 2 rings (SSSR count). The van der Waals surface area contributed by atoms with Crippen LogP contribution in [0.1, 0.15) is 43.9 Å². The Morgan fingerprint density at radius 3 is 2.76 bits per heavy atom. The summed E-state index contributed by atoms with van der Waals surface area (Å²) in [7, 11) is -3.23. The Hall–Kier alpha value is -1.11. The molecule has 118 valence electrons. The average molecular weight is 312 g/mol. The standard InChI is InChI=1S/C15H24N2O3S/c1-15(2,17-21(3,19)20)10-16-14-6-4-5-11-7-8-12(18)9-13(11)14/h7-9,14,16-18H,4-6,10H2,1-3H3. The summed E-state index contributed by atoms with van der Waals surface area (Å²) in [6.07, 6.45) is 4.28. The fourth-order valence-electron chi connectivity index (χ4n) is 2.91. The minimum Gasteiger partial charge on any atom is -0.508 e. The zero-order valence-corrected chi connectivity index (χ0v) is 13.6. The fraction of sp³-hybridized carbons (Fsp3) is 0.600. The van der Waals surface area contributed by atoms with Crippen LogP contribution in [0, 0.1) is 0 Å². The largest absolute Gasteiger partial charge is 0.508 e. The third-order valence-electron chi connectivity index (χ3n) is 3.70. The van der Waals surface area contributed by atoms with Crippen LogP contribution in [0.2, 0.25) is 0 Å². The number of sulfonamides is 1. The van der Waals surface area contributed by atoms with E-state index in [4.69, 9.17) is 0 Å². The summed E-state index contributed by atoms with van der Waals surface area (Å²) in [5.74, 6) is 0.274. The summed E-state index contributed by atoms with van der Waals surface area (Å²) in [6, 6.07) is 5.65. The Morgan fingerprint density at radius 2 is 2.10 bits per heavy atom. The number of phenols is 1. The molecule has 3 N–H and O–H groups in total. The Morgan fingerprint density at radius 1 is 1.38 bits per heavy atom. The molecule has 0 bridgehead atoms. The van der Waals surface area contributed by atoms with E-state index in [1.807, 2.05) is 26.0 Å². The fourth-order valence-corrected chi connectivity index (χ4v) is 3.99. The lowest BCUT2D eigenvalue weighted by molar-refractivity contribution is 0.369. The predicted molar refractivity (Wildman–Crippen MR) is 83.8 cm³/mol. The van der Waals surface area contributed by atoms with Crippen LogP contribution < -0.4 is 10.0 Å². The van der Waals surface area contributed by atoms with E-state index in [1.165, 1.54) is 11.8 Å². The van der Waals surface area contributed by atoms with E-state index in [2.05, 4.69) is 10.0 Å². The number of aromatic hydroxyl groups is 1. The maximum atomic E-state index is 11.4. The van der Waals surface area contributed by atoms with Crippen LogP contribution in [-0.2, 0) is 16.4 Å². The van der Waals surface area contributed by atoms with Crippen LogP contribution in [0.3, 0.4) is 0 Å². The summed E-state index contributed by atoms with van der Waals surface area (Å²) in [4.78, 5) is 0. The normalized spacial score (nSPS) is 19.3. The molecule has 1 aromatic carbocycles. The van der Waals surface area contributed by atoms with Gasteiger partial charge in [-0.2, -0.15) is 0 Å². The molecule has 0 heterocycles. The number of fused-ring (bicyclic) bond motifs is 1. The number of benzene rings is 1. The molecule has 1 aliphatic carbocycles. The second-order valence-electron chi connectivity index (χ2n) is 6.47. The summed E-state index contributed by atoms with van der Waals surface area (Å²) in [6.45, 7) is 4.24. The van der Waals surface area contributed by atoms with Crippen molar-refractivity contribution in [2.75, 3.05) is 12.8 Å². The molecule has 0 saturated heterocycles. The molecule has 0 spiro atoms. The van der Waals surface area contributed by atoms with Gasteiger partial charge in [0.2, 0.25) is 10.0 Å². The maximum absolute atomic E-state index is 11.4. The SMILES string of the molecule is CC(C)(CNC1CCCc2ccc(O)cc21)NS(C)(=O)=O. The van der Waals surface area contributed by atoms with E-state index in [0.29, 0.717) is 6.54 Å². The summed E-state index contributed by atoms with van der Waals surface area (Å²) < 4.78 is 25.4. The molecule has 0 saturated carbocycles. The van der Waals surface area contributed by atoms with E-state index in [-0.39, 0.29) is 11.8 Å². The van der Waals surface area contributed by atoms with Crippen LogP contribution in [0.25, 0.3) is 0 Å². The van der Waals surface area contributed by atoms with Gasteiger partial charge in [-0.3, -0.25) is 0 Å². The topological polar surface area (TPSA) is 78.4 Å². The minimum atomic E-state index is -3.23. The lowest BCUT2D eigenvalue weighted by Gasteiger charge is -2.31. The van der Waals surface area contributed by atoms with E-state index in [0.717, 1.165) is 24.8 Å². The Bertz CT molecular complexity index is 611. The monoisotopic (exact) mass is 312 g/mol. The molecule has 1 aromatic rings. The first-order valence-corrected chi connectivity index (χ1v) is 9.10. The first-order chi connectivity index (χ1) is 9.66. The zero-order valence-electron chi connectivity index (χ0n) is 12.8. The summed E-state index contributed by atoms with van der Waals surface area (Å²) in [5.41, 5.74) is 1.82. The maximum Gasteiger partial charge on any atom is 0.209 e. The first kappa shape index (κ1) is 16.3. The van der Waals surface area contributed by atoms with E-state index >= 15 is 0 Å². The van der Waals surface area contributed by atoms with Crippen molar-refractivity contribution < 1.29 is 13.5 Å². The van der Waals surface area contributed by atoms with Crippen LogP contribution in [0.5, 0.6) is 5.75 Å². The van der Waals surface area contributed by atoms with Gasteiger partial charge in [0.1, 0.15) is 5.75 Å². The van der Waals surface area contributed by atoms with Crippen molar-refractivity contribution in [3.8, 4) is 5.75 Å². The lowest BCUT2D eigenvalue weighted by atomic mass is 9.87. The van der Waals surface area contributed by atoms with Gasteiger partial charge in [0, 0.05) is 18.1 Å². The van der Waals surface area contributed by atoms with Gasteiger partial charge in [-0.15, -0.1) is 0 Å². The highest BCUT2D eigenvalue weighted by molar-refractivity contribution is 7.88. The molecular formula is C15H24N2O3S. The highest BCUT2D eigenvalue weighted by atomic mass is 32.2. The number of nitrogens with one attached hydrogen (secondary N) is 2. The number of hydrogen-bond acceptors (Lipinski definition) is 4. The summed E-state index contributed by atoms with van der Waals surface area (Å²) in [5, 5.41) is 13.1. The van der Waals surface area contributed by atoms with Gasteiger partial charge < -0.3 is 10.4 Å². The Balaban J connectivity index is 2.07. The number of phenolic OH excluding ortho intramolecular Hbond substituents is 1. The zero-order chi connectivity index (χ0) is 15.7. The van der Waals surface area contributed by atoms with Crippen molar-refractivity contribution in [2.45, 2.75) is 44.7 Å². The van der Waals surface area contributed by atoms with Crippen molar-refractivity contribution >= 4 is 10.0 Å².